The highest BCUT2D eigenvalue weighted by molar-refractivity contribution is 9.10. The molecule has 0 saturated heterocycles. The summed E-state index contributed by atoms with van der Waals surface area (Å²) < 4.78 is 6.80. The summed E-state index contributed by atoms with van der Waals surface area (Å²) in [4.78, 5) is 4.55. The van der Waals surface area contributed by atoms with Crippen molar-refractivity contribution in [2.75, 3.05) is 0 Å². The van der Waals surface area contributed by atoms with E-state index >= 15 is 0 Å². The molecule has 0 fully saturated rings. The molecule has 2 nitrogen and oxygen atoms in total. The number of rotatable bonds is 1. The second kappa shape index (κ2) is 4.46. The van der Waals surface area contributed by atoms with Gasteiger partial charge in [0, 0.05) is 5.56 Å². The monoisotopic (exact) mass is 323 g/mol. The Morgan fingerprint density at radius 3 is 2.55 bits per heavy atom. The topological polar surface area (TPSA) is 26.0 Å². The number of benzene rings is 3. The van der Waals surface area contributed by atoms with Crippen molar-refractivity contribution in [3.05, 3.63) is 65.1 Å². The minimum atomic E-state index is 0.651. The van der Waals surface area contributed by atoms with E-state index in [2.05, 4.69) is 45.2 Å². The Morgan fingerprint density at radius 2 is 1.70 bits per heavy atom. The summed E-state index contributed by atoms with van der Waals surface area (Å²) in [6.07, 6.45) is 0. The van der Waals surface area contributed by atoms with Gasteiger partial charge in [-0.05, 0) is 51.0 Å². The molecule has 3 aromatic carbocycles. The lowest BCUT2D eigenvalue weighted by Gasteiger charge is -1.99. The molecule has 0 spiro atoms. The van der Waals surface area contributed by atoms with Crippen molar-refractivity contribution in [1.82, 2.24) is 4.98 Å². The minimum Gasteiger partial charge on any atom is -0.435 e. The van der Waals surface area contributed by atoms with Crippen molar-refractivity contribution in [3.8, 4) is 11.5 Å². The third-order valence-corrected chi connectivity index (χ3v) is 3.99. The van der Waals surface area contributed by atoms with E-state index in [0.29, 0.717) is 5.89 Å². The first-order valence-corrected chi connectivity index (χ1v) is 7.15. The Morgan fingerprint density at radius 1 is 0.850 bits per heavy atom. The minimum absolute atomic E-state index is 0.651. The van der Waals surface area contributed by atoms with E-state index in [1.807, 2.05) is 36.4 Å². The molecule has 3 heteroatoms. The van der Waals surface area contributed by atoms with Crippen LogP contribution >= 0.6 is 15.9 Å². The highest BCUT2D eigenvalue weighted by Crippen LogP contribution is 2.30. The number of nitrogens with zero attached hydrogens (tertiary/aromatic N) is 1. The van der Waals surface area contributed by atoms with Crippen molar-refractivity contribution in [2.24, 2.45) is 0 Å². The summed E-state index contributed by atoms with van der Waals surface area (Å²) in [5.41, 5.74) is 2.64. The summed E-state index contributed by atoms with van der Waals surface area (Å²) in [5.74, 6) is 0.651. The maximum absolute atomic E-state index is 5.88. The fourth-order valence-electron chi connectivity index (χ4n) is 2.36. The quantitative estimate of drug-likeness (QED) is 0.468. The molecule has 96 valence electrons. The van der Waals surface area contributed by atoms with Crippen LogP contribution in [0.25, 0.3) is 33.3 Å². The average Bonchev–Trinajstić information content (AvgIpc) is 2.92. The van der Waals surface area contributed by atoms with E-state index in [-0.39, 0.29) is 0 Å². The third-order valence-electron chi connectivity index (χ3n) is 3.36. The van der Waals surface area contributed by atoms with Crippen LogP contribution in [-0.2, 0) is 0 Å². The van der Waals surface area contributed by atoms with Gasteiger partial charge in [0.15, 0.2) is 5.58 Å². The second-order valence-corrected chi connectivity index (χ2v) is 5.52. The van der Waals surface area contributed by atoms with Gasteiger partial charge in [0.25, 0.3) is 0 Å². The predicted octanol–water partition coefficient (Wildman–Crippen LogP) is 5.41. The maximum atomic E-state index is 5.88. The van der Waals surface area contributed by atoms with Crippen molar-refractivity contribution in [3.63, 3.8) is 0 Å². The van der Waals surface area contributed by atoms with E-state index in [1.165, 1.54) is 10.8 Å². The predicted molar refractivity (Wildman–Crippen MR) is 84.7 cm³/mol. The van der Waals surface area contributed by atoms with Crippen molar-refractivity contribution < 1.29 is 4.42 Å². The van der Waals surface area contributed by atoms with E-state index in [1.54, 1.807) is 0 Å². The van der Waals surface area contributed by atoms with Crippen LogP contribution in [0.1, 0.15) is 0 Å². The lowest BCUT2D eigenvalue weighted by molar-refractivity contribution is 0.618. The van der Waals surface area contributed by atoms with Crippen LogP contribution < -0.4 is 0 Å². The number of halogens is 1. The Hall–Kier alpha value is -2.13. The van der Waals surface area contributed by atoms with E-state index in [0.717, 1.165) is 21.1 Å². The molecular formula is C17H10BrNO. The summed E-state index contributed by atoms with van der Waals surface area (Å²) >= 11 is 3.49. The molecule has 0 amide bonds. The van der Waals surface area contributed by atoms with Crippen molar-refractivity contribution >= 4 is 37.8 Å². The maximum Gasteiger partial charge on any atom is 0.227 e. The summed E-state index contributed by atoms with van der Waals surface area (Å²) in [6, 6.07) is 20.4. The van der Waals surface area contributed by atoms with Gasteiger partial charge in [0.2, 0.25) is 5.89 Å². The Bertz CT molecular complexity index is 926. The molecule has 0 unspecified atom stereocenters. The fourth-order valence-corrected chi connectivity index (χ4v) is 2.80. The number of oxazole rings is 1. The Labute approximate surface area is 124 Å². The summed E-state index contributed by atoms with van der Waals surface area (Å²) in [5, 5.41) is 2.40. The van der Waals surface area contributed by atoms with Gasteiger partial charge in [0.05, 0.1) is 4.47 Å². The molecule has 0 bridgehead atoms. The molecule has 20 heavy (non-hydrogen) atoms. The first-order chi connectivity index (χ1) is 9.81. The summed E-state index contributed by atoms with van der Waals surface area (Å²) in [6.45, 7) is 0. The van der Waals surface area contributed by atoms with Gasteiger partial charge >= 0.3 is 0 Å². The zero-order valence-corrected chi connectivity index (χ0v) is 12.1. The lowest BCUT2D eigenvalue weighted by Crippen LogP contribution is -1.78. The first kappa shape index (κ1) is 11.7. The number of aromatic nitrogens is 1. The highest BCUT2D eigenvalue weighted by Gasteiger charge is 2.10. The third kappa shape index (κ3) is 1.82. The number of hydrogen-bond donors (Lipinski definition) is 0. The lowest BCUT2D eigenvalue weighted by atomic mass is 10.1. The highest BCUT2D eigenvalue weighted by atomic mass is 79.9. The largest absolute Gasteiger partial charge is 0.435 e. The Kier molecular flexibility index (Phi) is 2.60. The zero-order valence-electron chi connectivity index (χ0n) is 10.5. The van der Waals surface area contributed by atoms with Gasteiger partial charge in [-0.15, -0.1) is 0 Å². The fraction of sp³-hybridized carbons (Fsp3) is 0. The van der Waals surface area contributed by atoms with Gasteiger partial charge in [-0.3, -0.25) is 0 Å². The standard InChI is InChI=1S/C17H10BrNO/c18-14-6-3-7-15-16(14)20-17(19-15)13-9-8-11-4-1-2-5-12(11)10-13/h1-10H. The average molecular weight is 324 g/mol. The molecule has 0 aliphatic heterocycles. The number of hydrogen-bond acceptors (Lipinski definition) is 2. The molecule has 4 rings (SSSR count). The molecule has 1 heterocycles. The van der Waals surface area contributed by atoms with E-state index in [9.17, 15) is 0 Å². The van der Waals surface area contributed by atoms with Gasteiger partial charge in [-0.1, -0.05) is 36.4 Å². The molecule has 0 N–H and O–H groups in total. The molecule has 0 radical (unpaired) electrons. The molecule has 1 aromatic heterocycles. The second-order valence-electron chi connectivity index (χ2n) is 4.67. The smallest absolute Gasteiger partial charge is 0.227 e. The Balaban J connectivity index is 1.94. The number of para-hydroxylation sites is 1. The van der Waals surface area contributed by atoms with Crippen LogP contribution in [0.15, 0.2) is 69.6 Å². The van der Waals surface area contributed by atoms with Crippen LogP contribution in [0.3, 0.4) is 0 Å². The first-order valence-electron chi connectivity index (χ1n) is 6.35. The molecule has 0 saturated carbocycles. The van der Waals surface area contributed by atoms with Crippen molar-refractivity contribution in [2.45, 2.75) is 0 Å². The summed E-state index contributed by atoms with van der Waals surface area (Å²) in [7, 11) is 0. The number of fused-ring (bicyclic) bond motifs is 2. The van der Waals surface area contributed by atoms with Gasteiger partial charge < -0.3 is 4.42 Å². The normalized spacial score (nSPS) is 11.2. The van der Waals surface area contributed by atoms with Crippen LogP contribution in [0, 0.1) is 0 Å². The van der Waals surface area contributed by atoms with Crippen LogP contribution in [0.5, 0.6) is 0 Å². The van der Waals surface area contributed by atoms with Crippen LogP contribution in [-0.4, -0.2) is 4.98 Å². The van der Waals surface area contributed by atoms with Gasteiger partial charge in [-0.25, -0.2) is 4.98 Å². The molecule has 0 aliphatic carbocycles. The van der Waals surface area contributed by atoms with Gasteiger partial charge in [-0.2, -0.15) is 0 Å². The van der Waals surface area contributed by atoms with Crippen LogP contribution in [0.2, 0.25) is 0 Å². The van der Waals surface area contributed by atoms with Crippen molar-refractivity contribution in [1.29, 1.82) is 0 Å². The van der Waals surface area contributed by atoms with Crippen LogP contribution in [0.4, 0.5) is 0 Å². The SMILES string of the molecule is Brc1cccc2nc(-c3ccc4ccccc4c3)oc12. The molecule has 0 atom stereocenters. The van der Waals surface area contributed by atoms with E-state index in [4.69, 9.17) is 4.42 Å². The molecule has 0 aliphatic rings. The zero-order chi connectivity index (χ0) is 13.5. The molecule has 4 aromatic rings. The van der Waals surface area contributed by atoms with Gasteiger partial charge in [0.1, 0.15) is 5.52 Å². The van der Waals surface area contributed by atoms with E-state index < -0.39 is 0 Å². The molecular weight excluding hydrogens is 314 g/mol.